The fraction of sp³-hybridized carbons (Fsp3) is 0.118. The molecule has 19 heavy (non-hydrogen) atoms. The van der Waals surface area contributed by atoms with E-state index >= 15 is 0 Å². The van der Waals surface area contributed by atoms with Crippen LogP contribution in [0.1, 0.15) is 23.6 Å². The molecule has 2 heteroatoms. The molecule has 0 aliphatic rings. The molecule has 0 aliphatic heterocycles. The van der Waals surface area contributed by atoms with Crippen LogP contribution in [0.2, 0.25) is 0 Å². The second-order valence-electron chi connectivity index (χ2n) is 4.27. The normalized spacial score (nSPS) is 10.6. The van der Waals surface area contributed by atoms with Gasteiger partial charge in [0.1, 0.15) is 6.61 Å². The molecular formula is C17H16O2. The summed E-state index contributed by atoms with van der Waals surface area (Å²) in [6, 6.07) is 18.1. The van der Waals surface area contributed by atoms with Crippen molar-refractivity contribution in [1.29, 1.82) is 0 Å². The first kappa shape index (κ1) is 13.1. The van der Waals surface area contributed by atoms with Crippen LogP contribution in [0.15, 0.2) is 54.6 Å². The Hall–Kier alpha value is -2.35. The lowest BCUT2D eigenvalue weighted by Crippen LogP contribution is -1.98. The van der Waals surface area contributed by atoms with Crippen LogP contribution in [-0.4, -0.2) is 5.97 Å². The van der Waals surface area contributed by atoms with E-state index in [1.165, 1.54) is 12.5 Å². The van der Waals surface area contributed by atoms with Gasteiger partial charge in [-0.25, -0.2) is 0 Å². The van der Waals surface area contributed by atoms with Gasteiger partial charge in [-0.05, 0) is 16.7 Å². The van der Waals surface area contributed by atoms with Crippen LogP contribution < -0.4 is 0 Å². The third-order valence-corrected chi connectivity index (χ3v) is 2.69. The summed E-state index contributed by atoms with van der Waals surface area (Å²) in [5.74, 6) is -0.256. The average molecular weight is 252 g/mol. The molecule has 0 heterocycles. The third-order valence-electron chi connectivity index (χ3n) is 2.69. The van der Waals surface area contributed by atoms with Gasteiger partial charge in [0.2, 0.25) is 0 Å². The molecule has 2 aromatic carbocycles. The van der Waals surface area contributed by atoms with Gasteiger partial charge in [0.05, 0.1) is 0 Å². The molecular weight excluding hydrogens is 236 g/mol. The smallest absolute Gasteiger partial charge is 0.302 e. The Morgan fingerprint density at radius 1 is 0.947 bits per heavy atom. The zero-order chi connectivity index (χ0) is 13.5. The Balaban J connectivity index is 1.99. The largest absolute Gasteiger partial charge is 0.461 e. The van der Waals surface area contributed by atoms with Crippen LogP contribution in [0, 0.1) is 0 Å². The lowest BCUT2D eigenvalue weighted by atomic mass is 10.1. The van der Waals surface area contributed by atoms with Crippen molar-refractivity contribution >= 4 is 18.1 Å². The molecule has 0 saturated carbocycles. The fourth-order valence-electron chi connectivity index (χ4n) is 1.67. The van der Waals surface area contributed by atoms with Crippen molar-refractivity contribution in [2.45, 2.75) is 13.5 Å². The summed E-state index contributed by atoms with van der Waals surface area (Å²) in [7, 11) is 0. The second kappa shape index (κ2) is 6.55. The van der Waals surface area contributed by atoms with Crippen LogP contribution in [0.4, 0.5) is 0 Å². The number of rotatable bonds is 4. The molecule has 96 valence electrons. The average Bonchev–Trinajstić information content (AvgIpc) is 2.45. The van der Waals surface area contributed by atoms with Gasteiger partial charge in [0.25, 0.3) is 0 Å². The first-order chi connectivity index (χ1) is 9.24. The highest BCUT2D eigenvalue weighted by atomic mass is 16.5. The number of carbonyl (C=O) groups is 1. The summed E-state index contributed by atoms with van der Waals surface area (Å²) in [6.07, 6.45) is 4.13. The highest BCUT2D eigenvalue weighted by molar-refractivity contribution is 5.69. The number of hydrogen-bond donors (Lipinski definition) is 0. The standard InChI is InChI=1S/C17H16O2/c1-14(18)19-13-17-11-9-16(10-12-17)8-7-15-5-3-2-4-6-15/h2-12H,13H2,1H3/b8-7+. The second-order valence-corrected chi connectivity index (χ2v) is 4.27. The van der Waals surface area contributed by atoms with Gasteiger partial charge in [-0.1, -0.05) is 66.7 Å². The molecule has 0 amide bonds. The van der Waals surface area contributed by atoms with Crippen LogP contribution in [-0.2, 0) is 16.1 Å². The topological polar surface area (TPSA) is 26.3 Å². The highest BCUT2D eigenvalue weighted by Gasteiger charge is 1.96. The van der Waals surface area contributed by atoms with Gasteiger partial charge in [-0.3, -0.25) is 4.79 Å². The Labute approximate surface area is 113 Å². The molecule has 2 rings (SSSR count). The molecule has 0 atom stereocenters. The zero-order valence-electron chi connectivity index (χ0n) is 10.9. The van der Waals surface area contributed by atoms with Gasteiger partial charge in [-0.15, -0.1) is 0 Å². The Morgan fingerprint density at radius 3 is 2.11 bits per heavy atom. The van der Waals surface area contributed by atoms with Gasteiger partial charge in [-0.2, -0.15) is 0 Å². The van der Waals surface area contributed by atoms with Crippen LogP contribution in [0.3, 0.4) is 0 Å². The minimum atomic E-state index is -0.256. The number of esters is 1. The summed E-state index contributed by atoms with van der Waals surface area (Å²) in [4.78, 5) is 10.7. The minimum absolute atomic E-state index is 0.256. The fourth-order valence-corrected chi connectivity index (χ4v) is 1.67. The first-order valence-corrected chi connectivity index (χ1v) is 6.19. The van der Waals surface area contributed by atoms with Gasteiger partial charge >= 0.3 is 5.97 Å². The van der Waals surface area contributed by atoms with E-state index in [4.69, 9.17) is 4.74 Å². The van der Waals surface area contributed by atoms with E-state index in [2.05, 4.69) is 24.3 Å². The van der Waals surface area contributed by atoms with E-state index in [-0.39, 0.29) is 5.97 Å². The van der Waals surface area contributed by atoms with Crippen molar-refractivity contribution in [3.8, 4) is 0 Å². The number of benzene rings is 2. The van der Waals surface area contributed by atoms with Gasteiger partial charge in [0, 0.05) is 6.92 Å². The van der Waals surface area contributed by atoms with Crippen LogP contribution in [0.25, 0.3) is 12.2 Å². The zero-order valence-corrected chi connectivity index (χ0v) is 10.9. The van der Waals surface area contributed by atoms with Gasteiger partial charge < -0.3 is 4.74 Å². The molecule has 0 spiro atoms. The van der Waals surface area contributed by atoms with Crippen molar-refractivity contribution < 1.29 is 9.53 Å². The molecule has 0 bridgehead atoms. The third kappa shape index (κ3) is 4.43. The van der Waals surface area contributed by atoms with E-state index in [1.807, 2.05) is 42.5 Å². The lowest BCUT2D eigenvalue weighted by molar-refractivity contribution is -0.142. The number of carbonyl (C=O) groups excluding carboxylic acids is 1. The molecule has 2 nitrogen and oxygen atoms in total. The highest BCUT2D eigenvalue weighted by Crippen LogP contribution is 2.10. The first-order valence-electron chi connectivity index (χ1n) is 6.19. The Kier molecular flexibility index (Phi) is 4.51. The maximum atomic E-state index is 10.7. The Bertz CT molecular complexity index is 554. The Morgan fingerprint density at radius 2 is 1.53 bits per heavy atom. The van der Waals surface area contributed by atoms with Crippen molar-refractivity contribution in [2.75, 3.05) is 0 Å². The molecule has 0 aliphatic carbocycles. The molecule has 0 fully saturated rings. The van der Waals surface area contributed by atoms with Crippen LogP contribution >= 0.6 is 0 Å². The van der Waals surface area contributed by atoms with Crippen molar-refractivity contribution in [2.24, 2.45) is 0 Å². The van der Waals surface area contributed by atoms with Crippen molar-refractivity contribution in [3.05, 3.63) is 71.3 Å². The quantitative estimate of drug-likeness (QED) is 0.609. The molecule has 0 unspecified atom stereocenters. The van der Waals surface area contributed by atoms with Crippen LogP contribution in [0.5, 0.6) is 0 Å². The van der Waals surface area contributed by atoms with Crippen molar-refractivity contribution in [3.63, 3.8) is 0 Å². The molecule has 0 radical (unpaired) electrons. The summed E-state index contributed by atoms with van der Waals surface area (Å²) in [5.41, 5.74) is 3.29. The van der Waals surface area contributed by atoms with Crippen molar-refractivity contribution in [1.82, 2.24) is 0 Å². The number of ether oxygens (including phenoxy) is 1. The molecule has 2 aromatic rings. The van der Waals surface area contributed by atoms with Gasteiger partial charge in [0.15, 0.2) is 0 Å². The van der Waals surface area contributed by atoms with E-state index in [0.717, 1.165) is 11.1 Å². The minimum Gasteiger partial charge on any atom is -0.461 e. The van der Waals surface area contributed by atoms with E-state index < -0.39 is 0 Å². The molecule has 0 saturated heterocycles. The predicted molar refractivity (Wildman–Crippen MR) is 77.3 cm³/mol. The summed E-state index contributed by atoms with van der Waals surface area (Å²) < 4.78 is 4.94. The summed E-state index contributed by atoms with van der Waals surface area (Å²) in [5, 5.41) is 0. The lowest BCUT2D eigenvalue weighted by Gasteiger charge is -2.02. The molecule has 0 N–H and O–H groups in total. The monoisotopic (exact) mass is 252 g/mol. The van der Waals surface area contributed by atoms with E-state index in [0.29, 0.717) is 6.61 Å². The van der Waals surface area contributed by atoms with E-state index in [9.17, 15) is 4.79 Å². The maximum absolute atomic E-state index is 10.7. The number of hydrogen-bond acceptors (Lipinski definition) is 2. The predicted octanol–water partition coefficient (Wildman–Crippen LogP) is 3.92. The molecule has 0 aromatic heterocycles. The maximum Gasteiger partial charge on any atom is 0.302 e. The summed E-state index contributed by atoms with van der Waals surface area (Å²) in [6.45, 7) is 1.75. The SMILES string of the molecule is CC(=O)OCc1ccc(/C=C/c2ccccc2)cc1. The van der Waals surface area contributed by atoms with E-state index in [1.54, 1.807) is 0 Å². The summed E-state index contributed by atoms with van der Waals surface area (Å²) >= 11 is 0.